The average molecular weight is 454 g/mol. The summed E-state index contributed by atoms with van der Waals surface area (Å²) in [5.74, 6) is -0.0485. The molecule has 0 rings (SSSR count). The lowest BCUT2D eigenvalue weighted by molar-refractivity contribution is -0.155. The number of hydrogen-bond donors (Lipinski definition) is 1. The van der Waals surface area contributed by atoms with Crippen molar-refractivity contribution in [1.82, 2.24) is 4.90 Å². The van der Waals surface area contributed by atoms with E-state index in [-0.39, 0.29) is 19.4 Å². The summed E-state index contributed by atoms with van der Waals surface area (Å²) in [6.07, 6.45) is 11.2. The number of carbonyl (C=O) groups is 2. The molecule has 0 aliphatic rings. The van der Waals surface area contributed by atoms with Gasteiger partial charge in [0.1, 0.15) is 6.10 Å². The maximum Gasteiger partial charge on any atom is 0.306 e. The summed E-state index contributed by atoms with van der Waals surface area (Å²) in [6, 6.07) is 0. The molecule has 0 saturated carbocycles. The zero-order valence-electron chi connectivity index (χ0n) is 20.8. The fraction of sp³-hybridized carbons (Fsp3) is 0.680. The molecule has 32 heavy (non-hydrogen) atoms. The molecule has 0 aliphatic carbocycles. The van der Waals surface area contributed by atoms with Crippen LogP contribution >= 0.6 is 0 Å². The van der Waals surface area contributed by atoms with E-state index in [1.165, 1.54) is 5.57 Å². The number of carboxylic acids is 1. The van der Waals surface area contributed by atoms with Gasteiger partial charge >= 0.3 is 11.9 Å². The first kappa shape index (κ1) is 29.9. The number of likely N-dealkylation sites (N-methyl/N-ethyl adjacent to an activating group) is 1. The first-order valence-electron chi connectivity index (χ1n) is 11.4. The summed E-state index contributed by atoms with van der Waals surface area (Å²) >= 11 is 0. The predicted molar refractivity (Wildman–Crippen MR) is 127 cm³/mol. The van der Waals surface area contributed by atoms with Crippen molar-refractivity contribution in [2.45, 2.75) is 65.4 Å². The molecule has 184 valence electrons. The van der Waals surface area contributed by atoms with Gasteiger partial charge in [0.2, 0.25) is 0 Å². The van der Waals surface area contributed by atoms with Gasteiger partial charge in [-0.1, -0.05) is 32.1 Å². The molecular weight excluding hydrogens is 410 g/mol. The van der Waals surface area contributed by atoms with Crippen LogP contribution in [0.25, 0.3) is 0 Å². The van der Waals surface area contributed by atoms with Crippen LogP contribution in [0.3, 0.4) is 0 Å². The van der Waals surface area contributed by atoms with E-state index in [9.17, 15) is 9.59 Å². The number of aliphatic carboxylic acids is 1. The van der Waals surface area contributed by atoms with Crippen LogP contribution in [0.15, 0.2) is 35.6 Å². The van der Waals surface area contributed by atoms with Crippen LogP contribution in [0.1, 0.15) is 59.3 Å². The van der Waals surface area contributed by atoms with Gasteiger partial charge in [0.15, 0.2) is 0 Å². The van der Waals surface area contributed by atoms with Crippen molar-refractivity contribution in [3.8, 4) is 0 Å². The number of allylic oxidation sites excluding steroid dienone is 5. The largest absolute Gasteiger partial charge is 0.501 e. The molecule has 7 nitrogen and oxygen atoms in total. The summed E-state index contributed by atoms with van der Waals surface area (Å²) in [5, 5.41) is 8.74. The highest BCUT2D eigenvalue weighted by atomic mass is 16.6. The molecule has 0 aliphatic heterocycles. The quantitative estimate of drug-likeness (QED) is 0.185. The van der Waals surface area contributed by atoms with Gasteiger partial charge in [-0.2, -0.15) is 0 Å². The van der Waals surface area contributed by atoms with E-state index in [1.807, 2.05) is 32.0 Å². The fourth-order valence-electron chi connectivity index (χ4n) is 3.05. The van der Waals surface area contributed by atoms with E-state index in [0.29, 0.717) is 19.1 Å². The zero-order valence-corrected chi connectivity index (χ0v) is 20.8. The number of nitrogens with zero attached hydrogens (tertiary/aromatic N) is 1. The first-order chi connectivity index (χ1) is 15.2. The Kier molecular flexibility index (Phi) is 17.2. The Morgan fingerprint density at radius 2 is 1.88 bits per heavy atom. The van der Waals surface area contributed by atoms with Crippen molar-refractivity contribution in [2.75, 3.05) is 41.0 Å². The van der Waals surface area contributed by atoms with E-state index in [1.54, 1.807) is 7.11 Å². The summed E-state index contributed by atoms with van der Waals surface area (Å²) in [5.41, 5.74) is 1.18. The Labute approximate surface area is 194 Å². The molecule has 0 heterocycles. The monoisotopic (exact) mass is 453 g/mol. The third-order valence-electron chi connectivity index (χ3n) is 4.80. The molecule has 0 radical (unpaired) electrons. The molecule has 0 aromatic heterocycles. The lowest BCUT2D eigenvalue weighted by Crippen LogP contribution is -2.34. The highest BCUT2D eigenvalue weighted by molar-refractivity contribution is 5.76. The van der Waals surface area contributed by atoms with Gasteiger partial charge < -0.3 is 24.2 Å². The van der Waals surface area contributed by atoms with Crippen molar-refractivity contribution in [2.24, 2.45) is 5.92 Å². The molecule has 1 unspecified atom stereocenters. The third kappa shape index (κ3) is 16.6. The van der Waals surface area contributed by atoms with Crippen molar-refractivity contribution < 1.29 is 28.9 Å². The second-order valence-electron chi connectivity index (χ2n) is 8.25. The number of methoxy groups -OCH3 is 1. The summed E-state index contributed by atoms with van der Waals surface area (Å²) in [6.45, 7) is 7.52. The molecular formula is C25H43NO6. The van der Waals surface area contributed by atoms with Crippen LogP contribution in [0.2, 0.25) is 0 Å². The van der Waals surface area contributed by atoms with E-state index in [0.717, 1.165) is 31.4 Å². The Hall–Kier alpha value is -2.12. The SMILES string of the molecule is C/C=C(\CC(C)CC/C(=C/C=C\CC)COC[C@@H](CN(C)C)OC(=O)CCC(=O)O)OC. The lowest BCUT2D eigenvalue weighted by atomic mass is 9.97. The van der Waals surface area contributed by atoms with Gasteiger partial charge in [-0.3, -0.25) is 9.59 Å². The van der Waals surface area contributed by atoms with Gasteiger partial charge in [0.25, 0.3) is 0 Å². The Bertz CT molecular complexity index is 624. The number of carboxylic acid groups (broad SMARTS) is 1. The predicted octanol–water partition coefficient (Wildman–Crippen LogP) is 4.59. The van der Waals surface area contributed by atoms with Crippen molar-refractivity contribution in [3.05, 3.63) is 35.6 Å². The van der Waals surface area contributed by atoms with Crippen molar-refractivity contribution in [3.63, 3.8) is 0 Å². The standard InChI is InChI=1S/C25H43NO6/c1-7-9-10-11-21(13-12-20(3)16-22(8-2)30-6)18-31-19-23(17-26(4)5)32-25(29)15-14-24(27)28/h8-11,20,23H,7,12-19H2,1-6H3,(H,27,28)/b10-9-,21-11-,22-8+/t20?,23-/m1/s1. The van der Waals surface area contributed by atoms with Gasteiger partial charge in [-0.05, 0) is 57.8 Å². The van der Waals surface area contributed by atoms with E-state index >= 15 is 0 Å². The second kappa shape index (κ2) is 18.5. The molecule has 0 aromatic rings. The number of ether oxygens (including phenoxy) is 3. The summed E-state index contributed by atoms with van der Waals surface area (Å²) in [7, 11) is 5.48. The number of hydrogen-bond acceptors (Lipinski definition) is 6. The first-order valence-corrected chi connectivity index (χ1v) is 11.4. The van der Waals surface area contributed by atoms with E-state index < -0.39 is 18.0 Å². The topological polar surface area (TPSA) is 85.3 Å². The van der Waals surface area contributed by atoms with Crippen molar-refractivity contribution in [1.29, 1.82) is 0 Å². The Morgan fingerprint density at radius 3 is 2.44 bits per heavy atom. The molecule has 0 fully saturated rings. The normalized spacial score (nSPS) is 14.6. The smallest absolute Gasteiger partial charge is 0.306 e. The van der Waals surface area contributed by atoms with Crippen LogP contribution in [0.5, 0.6) is 0 Å². The lowest BCUT2D eigenvalue weighted by Gasteiger charge is -2.22. The van der Waals surface area contributed by atoms with Gasteiger partial charge in [-0.25, -0.2) is 0 Å². The minimum Gasteiger partial charge on any atom is -0.501 e. The maximum atomic E-state index is 11.9. The number of carbonyl (C=O) groups excluding carboxylic acids is 1. The van der Waals surface area contributed by atoms with Gasteiger partial charge in [0, 0.05) is 13.0 Å². The molecule has 0 aromatic carbocycles. The maximum absolute atomic E-state index is 11.9. The third-order valence-corrected chi connectivity index (χ3v) is 4.80. The Morgan fingerprint density at radius 1 is 1.16 bits per heavy atom. The Balaban J connectivity index is 4.82. The van der Waals surface area contributed by atoms with Crippen molar-refractivity contribution >= 4 is 11.9 Å². The zero-order chi connectivity index (χ0) is 24.4. The molecule has 2 atom stereocenters. The molecule has 0 saturated heterocycles. The van der Waals surface area contributed by atoms with Crippen LogP contribution < -0.4 is 0 Å². The van der Waals surface area contributed by atoms with E-state index in [2.05, 4.69) is 32.1 Å². The van der Waals surface area contributed by atoms with Gasteiger partial charge in [0.05, 0.1) is 38.9 Å². The highest BCUT2D eigenvalue weighted by Gasteiger charge is 2.17. The second-order valence-corrected chi connectivity index (χ2v) is 8.25. The minimum atomic E-state index is -1.02. The summed E-state index contributed by atoms with van der Waals surface area (Å²) in [4.78, 5) is 24.5. The fourth-order valence-corrected chi connectivity index (χ4v) is 3.05. The van der Waals surface area contributed by atoms with Crippen LogP contribution in [-0.4, -0.2) is 69.0 Å². The van der Waals surface area contributed by atoms with Gasteiger partial charge in [-0.15, -0.1) is 0 Å². The molecule has 7 heteroatoms. The van der Waals surface area contributed by atoms with E-state index in [4.69, 9.17) is 19.3 Å². The molecule has 0 bridgehead atoms. The summed E-state index contributed by atoms with van der Waals surface area (Å²) < 4.78 is 16.7. The van der Waals surface area contributed by atoms with Crippen LogP contribution in [-0.2, 0) is 23.8 Å². The molecule has 1 N–H and O–H groups in total. The number of rotatable bonds is 18. The highest BCUT2D eigenvalue weighted by Crippen LogP contribution is 2.20. The van der Waals surface area contributed by atoms with Crippen LogP contribution in [0.4, 0.5) is 0 Å². The molecule has 0 amide bonds. The molecule has 0 spiro atoms. The minimum absolute atomic E-state index is 0.139. The average Bonchev–Trinajstić information content (AvgIpc) is 2.73. The number of esters is 1. The van der Waals surface area contributed by atoms with Crippen LogP contribution in [0, 0.1) is 5.92 Å².